The van der Waals surface area contributed by atoms with Crippen molar-refractivity contribution in [1.82, 2.24) is 0 Å². The molecule has 0 saturated heterocycles. The summed E-state index contributed by atoms with van der Waals surface area (Å²) >= 11 is 5.04. The van der Waals surface area contributed by atoms with Crippen LogP contribution in [0.2, 0.25) is 0 Å². The molecule has 0 heterocycles. The molecule has 3 nitrogen and oxygen atoms in total. The number of carbonyl (C=O) groups is 1. The number of benzene rings is 1. The lowest BCUT2D eigenvalue weighted by atomic mass is 9.85. The first kappa shape index (κ1) is 15.6. The third-order valence-electron chi connectivity index (χ3n) is 3.76. The molecule has 0 aliphatic heterocycles. The van der Waals surface area contributed by atoms with Crippen LogP contribution in [0.5, 0.6) is 0 Å². The van der Waals surface area contributed by atoms with Gasteiger partial charge in [-0.2, -0.15) is 0 Å². The highest BCUT2D eigenvalue weighted by molar-refractivity contribution is 7.80. The van der Waals surface area contributed by atoms with Gasteiger partial charge >= 0.3 is 0 Å². The van der Waals surface area contributed by atoms with Gasteiger partial charge in [-0.25, -0.2) is 0 Å². The highest BCUT2D eigenvalue weighted by Crippen LogP contribution is 2.27. The molecule has 0 aromatic heterocycles. The van der Waals surface area contributed by atoms with Crippen LogP contribution in [-0.2, 0) is 11.2 Å². The van der Waals surface area contributed by atoms with Gasteiger partial charge < -0.3 is 10.6 Å². The van der Waals surface area contributed by atoms with Gasteiger partial charge in [-0.1, -0.05) is 38.2 Å². The summed E-state index contributed by atoms with van der Waals surface area (Å²) in [5.74, 6) is -0.0632. The lowest BCUT2D eigenvalue weighted by Gasteiger charge is -2.31. The van der Waals surface area contributed by atoms with Gasteiger partial charge in [0.2, 0.25) is 5.91 Å². The second-order valence-corrected chi connectivity index (χ2v) is 5.37. The zero-order valence-corrected chi connectivity index (χ0v) is 12.9. The van der Waals surface area contributed by atoms with E-state index in [2.05, 4.69) is 6.92 Å². The van der Waals surface area contributed by atoms with Gasteiger partial charge in [-0.3, -0.25) is 4.79 Å². The van der Waals surface area contributed by atoms with E-state index < -0.39 is 5.41 Å². The molecule has 0 aliphatic carbocycles. The first-order valence-electron chi connectivity index (χ1n) is 6.53. The second-order valence-electron chi connectivity index (χ2n) is 4.93. The van der Waals surface area contributed by atoms with Crippen LogP contribution in [0.1, 0.15) is 32.8 Å². The van der Waals surface area contributed by atoms with Crippen molar-refractivity contribution in [1.29, 1.82) is 0 Å². The van der Waals surface area contributed by atoms with Crippen molar-refractivity contribution in [2.24, 2.45) is 11.1 Å². The first-order chi connectivity index (χ1) is 8.86. The van der Waals surface area contributed by atoms with Crippen LogP contribution in [0.15, 0.2) is 24.3 Å². The maximum absolute atomic E-state index is 12.6. The summed E-state index contributed by atoms with van der Waals surface area (Å²) in [6, 6.07) is 7.96. The van der Waals surface area contributed by atoms with Crippen molar-refractivity contribution in [3.63, 3.8) is 0 Å². The molecule has 1 rings (SSSR count). The Bertz CT molecular complexity index is 470. The van der Waals surface area contributed by atoms with E-state index in [0.29, 0.717) is 6.42 Å². The Hall–Kier alpha value is -1.42. The molecule has 2 N–H and O–H groups in total. The van der Waals surface area contributed by atoms with E-state index in [9.17, 15) is 4.79 Å². The van der Waals surface area contributed by atoms with Gasteiger partial charge in [-0.05, 0) is 37.5 Å². The van der Waals surface area contributed by atoms with Crippen LogP contribution >= 0.6 is 12.2 Å². The maximum Gasteiger partial charge on any atom is 0.239 e. The minimum atomic E-state index is -0.784. The zero-order valence-electron chi connectivity index (χ0n) is 12.1. The van der Waals surface area contributed by atoms with Crippen LogP contribution in [0.4, 0.5) is 5.69 Å². The monoisotopic (exact) mass is 278 g/mol. The number of anilines is 1. The number of aryl methyl sites for hydroxylation is 1. The number of hydrogen-bond donors (Lipinski definition) is 1. The summed E-state index contributed by atoms with van der Waals surface area (Å²) in [6.45, 7) is 5.82. The molecule has 1 aromatic rings. The summed E-state index contributed by atoms with van der Waals surface area (Å²) in [4.78, 5) is 14.4. The smallest absolute Gasteiger partial charge is 0.239 e. The number of nitrogens with zero attached hydrogens (tertiary/aromatic N) is 1. The average Bonchev–Trinajstić information content (AvgIpc) is 2.44. The predicted molar refractivity (Wildman–Crippen MR) is 84.4 cm³/mol. The summed E-state index contributed by atoms with van der Waals surface area (Å²) in [7, 11) is 1.76. The Labute approximate surface area is 120 Å². The van der Waals surface area contributed by atoms with Gasteiger partial charge in [0.05, 0.1) is 10.4 Å². The standard InChI is InChI=1S/C15H22N2OS/c1-5-11-7-9-12(10-8-11)17(4)14(18)15(3,6-2)13(16)19/h7-10H,5-6H2,1-4H3,(H2,16,19). The fourth-order valence-corrected chi connectivity index (χ4v) is 2.11. The summed E-state index contributed by atoms with van der Waals surface area (Å²) in [6.07, 6.45) is 1.58. The van der Waals surface area contributed by atoms with Crippen LogP contribution in [0.25, 0.3) is 0 Å². The van der Waals surface area contributed by atoms with Gasteiger partial charge in [-0.15, -0.1) is 0 Å². The Kier molecular flexibility index (Phi) is 5.06. The van der Waals surface area contributed by atoms with E-state index >= 15 is 0 Å². The molecular formula is C15H22N2OS. The number of thiocarbonyl (C=S) groups is 1. The second kappa shape index (κ2) is 6.15. The molecule has 0 aliphatic rings. The number of rotatable bonds is 5. The van der Waals surface area contributed by atoms with Crippen LogP contribution in [-0.4, -0.2) is 17.9 Å². The van der Waals surface area contributed by atoms with E-state index in [-0.39, 0.29) is 10.9 Å². The summed E-state index contributed by atoms with van der Waals surface area (Å²) in [5.41, 5.74) is 7.05. The molecule has 1 atom stereocenters. The van der Waals surface area contributed by atoms with Crippen LogP contribution in [0.3, 0.4) is 0 Å². The van der Waals surface area contributed by atoms with E-state index in [1.54, 1.807) is 18.9 Å². The Morgan fingerprint density at radius 3 is 2.21 bits per heavy atom. The maximum atomic E-state index is 12.6. The molecular weight excluding hydrogens is 256 g/mol. The van der Waals surface area contributed by atoms with Crippen molar-refractivity contribution < 1.29 is 4.79 Å². The largest absolute Gasteiger partial charge is 0.392 e. The zero-order chi connectivity index (χ0) is 14.6. The summed E-state index contributed by atoms with van der Waals surface area (Å²) < 4.78 is 0. The molecule has 19 heavy (non-hydrogen) atoms. The highest BCUT2D eigenvalue weighted by Gasteiger charge is 2.37. The molecule has 0 spiro atoms. The third-order valence-corrected chi connectivity index (χ3v) is 4.21. The quantitative estimate of drug-likeness (QED) is 0.842. The van der Waals surface area contributed by atoms with Gasteiger partial charge in [0, 0.05) is 12.7 Å². The Morgan fingerprint density at radius 1 is 1.32 bits per heavy atom. The number of nitrogens with two attached hydrogens (primary N) is 1. The van der Waals surface area contributed by atoms with E-state index in [1.807, 2.05) is 31.2 Å². The minimum Gasteiger partial charge on any atom is -0.392 e. The number of carbonyl (C=O) groups excluding carboxylic acids is 1. The van der Waals surface area contributed by atoms with Crippen molar-refractivity contribution in [3.05, 3.63) is 29.8 Å². The molecule has 1 amide bonds. The third kappa shape index (κ3) is 3.13. The molecule has 104 valence electrons. The molecule has 0 bridgehead atoms. The van der Waals surface area contributed by atoms with Gasteiger partial charge in [0.15, 0.2) is 0 Å². The van der Waals surface area contributed by atoms with Crippen molar-refractivity contribution >= 4 is 28.8 Å². The average molecular weight is 278 g/mol. The Morgan fingerprint density at radius 2 is 1.84 bits per heavy atom. The van der Waals surface area contributed by atoms with Crippen molar-refractivity contribution in [2.45, 2.75) is 33.6 Å². The van der Waals surface area contributed by atoms with E-state index in [1.165, 1.54) is 5.56 Å². The topological polar surface area (TPSA) is 46.3 Å². The Balaban J connectivity index is 3.01. The molecule has 0 saturated carbocycles. The van der Waals surface area contributed by atoms with Gasteiger partial charge in [0.1, 0.15) is 0 Å². The van der Waals surface area contributed by atoms with Crippen LogP contribution in [0, 0.1) is 5.41 Å². The fraction of sp³-hybridized carbons (Fsp3) is 0.467. The molecule has 0 fully saturated rings. The predicted octanol–water partition coefficient (Wildman–Crippen LogP) is 2.91. The van der Waals surface area contributed by atoms with E-state index in [0.717, 1.165) is 12.1 Å². The lowest BCUT2D eigenvalue weighted by molar-refractivity contribution is -0.124. The number of amides is 1. The lowest BCUT2D eigenvalue weighted by Crippen LogP contribution is -2.47. The highest BCUT2D eigenvalue weighted by atomic mass is 32.1. The molecule has 1 aromatic carbocycles. The SMILES string of the molecule is CCc1ccc(N(C)C(=O)C(C)(CC)C(N)=S)cc1. The van der Waals surface area contributed by atoms with Crippen LogP contribution < -0.4 is 10.6 Å². The fourth-order valence-electron chi connectivity index (χ4n) is 1.87. The van der Waals surface area contributed by atoms with E-state index in [4.69, 9.17) is 18.0 Å². The molecule has 0 radical (unpaired) electrons. The number of hydrogen-bond acceptors (Lipinski definition) is 2. The normalized spacial score (nSPS) is 13.7. The summed E-state index contributed by atoms with van der Waals surface area (Å²) in [5, 5.41) is 0. The minimum absolute atomic E-state index is 0.0632. The molecule has 4 heteroatoms. The first-order valence-corrected chi connectivity index (χ1v) is 6.94. The van der Waals surface area contributed by atoms with Gasteiger partial charge in [0.25, 0.3) is 0 Å². The van der Waals surface area contributed by atoms with Crippen molar-refractivity contribution in [2.75, 3.05) is 11.9 Å². The molecule has 1 unspecified atom stereocenters. The van der Waals surface area contributed by atoms with Crippen molar-refractivity contribution in [3.8, 4) is 0 Å².